The Hall–Kier alpha value is -6.07. The van der Waals surface area contributed by atoms with Crippen LogP contribution in [0.1, 0.15) is 93.6 Å². The normalized spacial score (nSPS) is 17.6. The average molecular weight is 886 g/mol. The lowest BCUT2D eigenvalue weighted by Gasteiger charge is -2.36. The number of methoxy groups -OCH3 is 1. The molecule has 1 aliphatic rings. The summed E-state index contributed by atoms with van der Waals surface area (Å²) in [5, 5.41) is 10.6. The van der Waals surface area contributed by atoms with Crippen LogP contribution in [-0.2, 0) is 38.1 Å². The fraction of sp³-hybridized carbons (Fsp3) is 0.578. The lowest BCUT2D eigenvalue weighted by molar-refractivity contribution is -0.149. The molecule has 0 heterocycles. The number of ether oxygens (including phenoxy) is 7. The zero-order chi connectivity index (χ0) is 47.3. The molecule has 0 saturated heterocycles. The molecule has 0 aliphatic heterocycles. The summed E-state index contributed by atoms with van der Waals surface area (Å²) in [5.41, 5.74) is -1.17. The Bertz CT molecular complexity index is 1760. The summed E-state index contributed by atoms with van der Waals surface area (Å²) in [6.07, 6.45) is 3.37. The molecule has 4 N–H and O–H groups in total. The summed E-state index contributed by atoms with van der Waals surface area (Å²) in [7, 11) is 1.19. The van der Waals surface area contributed by atoms with E-state index >= 15 is 0 Å². The van der Waals surface area contributed by atoms with Crippen LogP contribution in [0, 0.1) is 17.8 Å². The van der Waals surface area contributed by atoms with E-state index in [9.17, 15) is 28.8 Å². The molecule has 5 atom stereocenters. The van der Waals surface area contributed by atoms with Crippen molar-refractivity contribution in [2.75, 3.05) is 33.5 Å². The molecule has 1 saturated carbocycles. The fourth-order valence-electron chi connectivity index (χ4n) is 6.76. The van der Waals surface area contributed by atoms with Gasteiger partial charge >= 0.3 is 30.2 Å². The number of benzene rings is 1. The van der Waals surface area contributed by atoms with Crippen molar-refractivity contribution in [3.8, 4) is 11.5 Å². The number of esters is 2. The first-order valence-electron chi connectivity index (χ1n) is 21.0. The number of rotatable bonds is 20. The van der Waals surface area contributed by atoms with E-state index in [2.05, 4.69) is 34.4 Å². The highest BCUT2D eigenvalue weighted by molar-refractivity contribution is 6.01. The van der Waals surface area contributed by atoms with Crippen LogP contribution in [0.5, 0.6) is 11.5 Å². The first-order chi connectivity index (χ1) is 29.6. The number of carbonyl (C=O) groups is 6. The molecule has 4 amide bonds. The Balaban J connectivity index is 2.34. The van der Waals surface area contributed by atoms with Crippen molar-refractivity contribution in [1.29, 1.82) is 0 Å². The zero-order valence-electron chi connectivity index (χ0n) is 38.3. The summed E-state index contributed by atoms with van der Waals surface area (Å²) in [6.45, 7) is 23.0. The summed E-state index contributed by atoms with van der Waals surface area (Å²) in [6, 6.07) is 3.51. The second-order valence-corrected chi connectivity index (χ2v) is 16.6. The molecule has 2 rings (SSSR count). The molecule has 0 bridgehead atoms. The second kappa shape index (κ2) is 25.8. The van der Waals surface area contributed by atoms with Gasteiger partial charge < -0.3 is 43.8 Å². The molecular weight excluding hydrogens is 819 g/mol. The number of carbonyl (C=O) groups excluding carboxylic acids is 6. The molecule has 0 aromatic heterocycles. The van der Waals surface area contributed by atoms with Crippen molar-refractivity contribution in [1.82, 2.24) is 21.3 Å². The van der Waals surface area contributed by atoms with Crippen LogP contribution in [0.4, 0.5) is 14.4 Å². The van der Waals surface area contributed by atoms with E-state index in [0.29, 0.717) is 29.9 Å². The van der Waals surface area contributed by atoms with Gasteiger partial charge in [0.2, 0.25) is 11.9 Å². The van der Waals surface area contributed by atoms with Crippen LogP contribution in [0.3, 0.4) is 0 Å². The lowest BCUT2D eigenvalue weighted by atomic mass is 9.80. The third-order valence-electron chi connectivity index (χ3n) is 9.27. The molecule has 1 fully saturated rings. The van der Waals surface area contributed by atoms with E-state index in [-0.39, 0.29) is 57.0 Å². The highest BCUT2D eigenvalue weighted by Gasteiger charge is 2.54. The minimum absolute atomic E-state index is 0.0271. The van der Waals surface area contributed by atoms with Gasteiger partial charge in [0.15, 0.2) is 11.5 Å². The predicted octanol–water partition coefficient (Wildman–Crippen LogP) is 6.38. The maximum Gasteiger partial charge on any atom is 0.414 e. The first kappa shape index (κ1) is 53.1. The topological polar surface area (TPSA) is 228 Å². The lowest BCUT2D eigenvalue weighted by Crippen LogP contribution is -2.53. The standard InChI is InChI=1S/C45H67N5O13/c1-13-23-58-33-20-18-29(26-34(33)59-24-14-2)19-21-35(52)60-25-17-22-46-41(54)61-38-31(39(53)57-12)27-32(36(38)37(47-28(5)51)30(15-3)16-4)48-40(49-42(55)62-44(6,7)8)50-43(56)63-45(9,10)11/h13-14,18-21,26,30-32,36-38H,1-2,15-17,22-25,27H2,3-12H3,(H,46,54)(H,47,51)(H2,48,49,50,55,56)/b21-19+/t31-,32+,36+,37?,38+/m0/s1. The van der Waals surface area contributed by atoms with Gasteiger partial charge in [0.05, 0.1) is 25.7 Å². The van der Waals surface area contributed by atoms with Crippen LogP contribution in [0.2, 0.25) is 0 Å². The van der Waals surface area contributed by atoms with Crippen LogP contribution >= 0.6 is 0 Å². The second-order valence-electron chi connectivity index (χ2n) is 16.6. The zero-order valence-corrected chi connectivity index (χ0v) is 38.3. The fourth-order valence-corrected chi connectivity index (χ4v) is 6.76. The van der Waals surface area contributed by atoms with Gasteiger partial charge in [-0.3, -0.25) is 20.2 Å². The van der Waals surface area contributed by atoms with Crippen molar-refractivity contribution < 1.29 is 61.9 Å². The Labute approximate surface area is 370 Å². The number of guanidine groups is 1. The Morgan fingerprint density at radius 1 is 0.873 bits per heavy atom. The minimum atomic E-state index is -1.21. The van der Waals surface area contributed by atoms with Gasteiger partial charge in [-0.1, -0.05) is 58.1 Å². The molecule has 0 spiro atoms. The van der Waals surface area contributed by atoms with Crippen LogP contribution in [0.15, 0.2) is 54.6 Å². The number of nitrogens with zero attached hydrogens (tertiary/aromatic N) is 1. The SMILES string of the molecule is C=CCOc1ccc(/C=C/C(=O)OCCCNC(=O)O[C@H]2[C@@H](C(NC(C)=O)C(CC)CC)[C@H](N=C(NC(=O)OC(C)(C)C)NC(=O)OC(C)(C)C)C[C@@H]2C(=O)OC)cc1OCC=C. The molecule has 1 unspecified atom stereocenters. The highest BCUT2D eigenvalue weighted by Crippen LogP contribution is 2.42. The number of alkyl carbamates (subject to hydrolysis) is 3. The maximum absolute atomic E-state index is 13.5. The molecule has 18 nitrogen and oxygen atoms in total. The summed E-state index contributed by atoms with van der Waals surface area (Å²) in [5.74, 6) is -3.23. The number of aliphatic imine (C=N–C) groups is 1. The molecular formula is C45H67N5O13. The molecule has 350 valence electrons. The van der Waals surface area contributed by atoms with Crippen LogP contribution in [0.25, 0.3) is 6.08 Å². The summed E-state index contributed by atoms with van der Waals surface area (Å²) < 4.78 is 38.6. The summed E-state index contributed by atoms with van der Waals surface area (Å²) >= 11 is 0. The Morgan fingerprint density at radius 2 is 1.46 bits per heavy atom. The van der Waals surface area contributed by atoms with Crippen molar-refractivity contribution >= 4 is 48.2 Å². The predicted molar refractivity (Wildman–Crippen MR) is 236 cm³/mol. The number of hydrogen-bond donors (Lipinski definition) is 4. The van der Waals surface area contributed by atoms with Crippen molar-refractivity contribution in [3.63, 3.8) is 0 Å². The maximum atomic E-state index is 13.5. The van der Waals surface area contributed by atoms with E-state index in [1.165, 1.54) is 20.1 Å². The van der Waals surface area contributed by atoms with Gasteiger partial charge in [0.25, 0.3) is 0 Å². The number of nitrogens with one attached hydrogen (secondary N) is 4. The van der Waals surface area contributed by atoms with Crippen molar-refractivity contribution in [3.05, 3.63) is 55.1 Å². The van der Waals surface area contributed by atoms with Gasteiger partial charge in [0.1, 0.15) is 30.5 Å². The molecule has 63 heavy (non-hydrogen) atoms. The van der Waals surface area contributed by atoms with Crippen LogP contribution < -0.4 is 30.7 Å². The molecule has 0 radical (unpaired) electrons. The number of amides is 4. The third-order valence-corrected chi connectivity index (χ3v) is 9.27. The van der Waals surface area contributed by atoms with Gasteiger partial charge in [-0.25, -0.2) is 24.2 Å². The highest BCUT2D eigenvalue weighted by atomic mass is 16.6. The molecule has 1 aromatic carbocycles. The van der Waals surface area contributed by atoms with E-state index < -0.39 is 71.4 Å². The minimum Gasteiger partial charge on any atom is -0.486 e. The third kappa shape index (κ3) is 19.2. The Kier molecular flexibility index (Phi) is 21.7. The quantitative estimate of drug-likeness (QED) is 0.0212. The van der Waals surface area contributed by atoms with E-state index in [0.717, 1.165) is 0 Å². The monoisotopic (exact) mass is 885 g/mol. The van der Waals surface area contributed by atoms with E-state index in [4.69, 9.17) is 38.2 Å². The van der Waals surface area contributed by atoms with Gasteiger partial charge in [0, 0.05) is 31.5 Å². The van der Waals surface area contributed by atoms with Crippen molar-refractivity contribution in [2.24, 2.45) is 22.7 Å². The number of hydrogen-bond acceptors (Lipinski definition) is 14. The molecule has 1 aromatic rings. The first-order valence-corrected chi connectivity index (χ1v) is 21.0. The van der Waals surface area contributed by atoms with Gasteiger partial charge in [-0.2, -0.15) is 0 Å². The average Bonchev–Trinajstić information content (AvgIpc) is 3.52. The largest absolute Gasteiger partial charge is 0.486 e. The smallest absolute Gasteiger partial charge is 0.414 e. The van der Waals surface area contributed by atoms with E-state index in [1.807, 2.05) is 13.8 Å². The molecule has 1 aliphatic carbocycles. The Morgan fingerprint density at radius 3 is 1.98 bits per heavy atom. The van der Waals surface area contributed by atoms with Crippen molar-refractivity contribution in [2.45, 2.75) is 117 Å². The van der Waals surface area contributed by atoms with Crippen LogP contribution in [-0.4, -0.2) is 105 Å². The van der Waals surface area contributed by atoms with Gasteiger partial charge in [-0.15, -0.1) is 0 Å². The van der Waals surface area contributed by atoms with E-state index in [1.54, 1.807) is 78.0 Å². The summed E-state index contributed by atoms with van der Waals surface area (Å²) in [4.78, 5) is 82.8. The van der Waals surface area contributed by atoms with Gasteiger partial charge in [-0.05, 0) is 84.1 Å². The molecule has 18 heteroatoms.